The second-order valence-electron chi connectivity index (χ2n) is 8.76. The van der Waals surface area contributed by atoms with Gasteiger partial charge >= 0.3 is 11.9 Å². The molecule has 3 atom stereocenters. The van der Waals surface area contributed by atoms with Crippen LogP contribution in [0.5, 0.6) is 17.2 Å². The van der Waals surface area contributed by atoms with Crippen LogP contribution in [0, 0.1) is 17.8 Å². The summed E-state index contributed by atoms with van der Waals surface area (Å²) in [5, 5.41) is 14.8. The van der Waals surface area contributed by atoms with Crippen molar-refractivity contribution in [2.75, 3.05) is 54.1 Å². The van der Waals surface area contributed by atoms with Crippen LogP contribution in [0.15, 0.2) is 24.3 Å². The Hall–Kier alpha value is -2.78. The average Bonchev–Trinajstić information content (AvgIpc) is 3.43. The van der Waals surface area contributed by atoms with Crippen LogP contribution in [-0.2, 0) is 16.1 Å². The first-order chi connectivity index (χ1) is 15.8. The van der Waals surface area contributed by atoms with Gasteiger partial charge in [-0.05, 0) is 48.3 Å². The van der Waals surface area contributed by atoms with E-state index in [1.165, 1.54) is 38.0 Å². The number of rotatable bonds is 7. The smallest absolute Gasteiger partial charge is 0.414 e. The zero-order valence-electron chi connectivity index (χ0n) is 19.5. The maximum Gasteiger partial charge on any atom is 0.414 e. The van der Waals surface area contributed by atoms with Gasteiger partial charge in [0.1, 0.15) is 0 Å². The summed E-state index contributed by atoms with van der Waals surface area (Å²) in [6, 6.07) is 4.13. The van der Waals surface area contributed by atoms with E-state index < -0.39 is 11.9 Å². The number of hydrogen-bond acceptors (Lipinski definition) is 7. The molecule has 0 radical (unpaired) electrons. The van der Waals surface area contributed by atoms with Crippen LogP contribution in [0.3, 0.4) is 0 Å². The topological polar surface area (TPSA) is 109 Å². The molecule has 0 spiro atoms. The summed E-state index contributed by atoms with van der Waals surface area (Å²) < 4.78 is 16.4. The number of aliphatic carboxylic acids is 2. The molecule has 4 rings (SSSR count). The summed E-state index contributed by atoms with van der Waals surface area (Å²) in [7, 11) is 4.99. The first-order valence-corrected chi connectivity index (χ1v) is 11.2. The van der Waals surface area contributed by atoms with Gasteiger partial charge in [0.05, 0.1) is 21.3 Å². The molecule has 2 aliphatic carbocycles. The van der Waals surface area contributed by atoms with Crippen LogP contribution in [0.25, 0.3) is 0 Å². The van der Waals surface area contributed by atoms with Gasteiger partial charge in [-0.2, -0.15) is 0 Å². The van der Waals surface area contributed by atoms with Gasteiger partial charge in [0.15, 0.2) is 11.5 Å². The van der Waals surface area contributed by atoms with Crippen LogP contribution in [0.4, 0.5) is 0 Å². The molecule has 182 valence electrons. The van der Waals surface area contributed by atoms with Crippen LogP contribution in [0.2, 0.25) is 0 Å². The summed E-state index contributed by atoms with van der Waals surface area (Å²) in [4.78, 5) is 23.4. The Morgan fingerprint density at radius 1 is 0.879 bits per heavy atom. The summed E-state index contributed by atoms with van der Waals surface area (Å²) in [5.41, 5.74) is 1.20. The summed E-state index contributed by atoms with van der Waals surface area (Å²) in [6.07, 6.45) is 7.73. The Balaban J connectivity index is 0.000000454. The van der Waals surface area contributed by atoms with Crippen LogP contribution in [0.1, 0.15) is 18.4 Å². The molecule has 0 amide bonds. The summed E-state index contributed by atoms with van der Waals surface area (Å²) in [6.45, 7) is 6.77. The molecule has 9 heteroatoms. The molecule has 1 aromatic rings. The number of allylic oxidation sites excluding steroid dienone is 2. The third-order valence-corrected chi connectivity index (χ3v) is 6.69. The molecule has 33 heavy (non-hydrogen) atoms. The molecule has 1 saturated heterocycles. The van der Waals surface area contributed by atoms with Crippen molar-refractivity contribution in [1.29, 1.82) is 0 Å². The first-order valence-electron chi connectivity index (χ1n) is 11.2. The minimum Gasteiger partial charge on any atom is -0.493 e. The molecule has 1 aromatic carbocycles. The van der Waals surface area contributed by atoms with Crippen molar-refractivity contribution in [3.63, 3.8) is 0 Å². The fraction of sp³-hybridized carbons (Fsp3) is 0.583. The van der Waals surface area contributed by atoms with Crippen molar-refractivity contribution in [2.45, 2.75) is 19.4 Å². The monoisotopic (exact) mass is 462 g/mol. The SMILES string of the molecule is COc1cc(CN2CCN(CC3CC4C=CC3C4)CC2)cc(OC)c1OC.O=C(O)C(=O)O. The number of carboxylic acid groups (broad SMARTS) is 2. The van der Waals surface area contributed by atoms with Gasteiger partial charge in [-0.15, -0.1) is 0 Å². The third-order valence-electron chi connectivity index (χ3n) is 6.69. The van der Waals surface area contributed by atoms with Crippen molar-refractivity contribution in [1.82, 2.24) is 9.80 Å². The van der Waals surface area contributed by atoms with E-state index in [4.69, 9.17) is 34.0 Å². The minimum atomic E-state index is -1.82. The van der Waals surface area contributed by atoms with Crippen molar-refractivity contribution < 1.29 is 34.0 Å². The molecule has 2 N–H and O–H groups in total. The van der Waals surface area contributed by atoms with E-state index in [2.05, 4.69) is 34.1 Å². The van der Waals surface area contributed by atoms with Crippen molar-refractivity contribution in [3.8, 4) is 17.2 Å². The summed E-state index contributed by atoms with van der Waals surface area (Å²) >= 11 is 0. The van der Waals surface area contributed by atoms with Crippen molar-refractivity contribution in [2.24, 2.45) is 17.8 Å². The van der Waals surface area contributed by atoms with Crippen LogP contribution in [-0.4, -0.2) is 86.0 Å². The molecule has 2 bridgehead atoms. The highest BCUT2D eigenvalue weighted by Crippen LogP contribution is 2.43. The number of hydrogen-bond donors (Lipinski definition) is 2. The normalized spacial score (nSPS) is 24.2. The number of methoxy groups -OCH3 is 3. The highest BCUT2D eigenvalue weighted by atomic mass is 16.5. The number of fused-ring (bicyclic) bond motifs is 2. The second kappa shape index (κ2) is 11.4. The molecule has 3 aliphatic rings. The van der Waals surface area contributed by atoms with Gasteiger partial charge in [-0.25, -0.2) is 9.59 Å². The first kappa shape index (κ1) is 24.9. The highest BCUT2D eigenvalue weighted by Gasteiger charge is 2.36. The predicted octanol–water partition coefficient (Wildman–Crippen LogP) is 2.20. The Morgan fingerprint density at radius 3 is 1.88 bits per heavy atom. The van der Waals surface area contributed by atoms with E-state index in [9.17, 15) is 0 Å². The van der Waals surface area contributed by atoms with Gasteiger partial charge in [0, 0.05) is 39.3 Å². The van der Waals surface area contributed by atoms with E-state index in [0.29, 0.717) is 5.75 Å². The van der Waals surface area contributed by atoms with Gasteiger partial charge in [-0.3, -0.25) is 4.90 Å². The summed E-state index contributed by atoms with van der Waals surface area (Å²) in [5.74, 6) is 1.10. The lowest BCUT2D eigenvalue weighted by Crippen LogP contribution is -2.47. The number of nitrogens with zero attached hydrogens (tertiary/aromatic N) is 2. The highest BCUT2D eigenvalue weighted by molar-refractivity contribution is 6.27. The predicted molar refractivity (Wildman–Crippen MR) is 122 cm³/mol. The van der Waals surface area contributed by atoms with E-state index in [1.54, 1.807) is 21.3 Å². The van der Waals surface area contributed by atoms with E-state index >= 15 is 0 Å². The third kappa shape index (κ3) is 6.39. The molecule has 9 nitrogen and oxygen atoms in total. The fourth-order valence-electron chi connectivity index (χ4n) is 5.05. The largest absolute Gasteiger partial charge is 0.493 e. The maximum absolute atomic E-state index is 9.10. The van der Waals surface area contributed by atoms with Crippen LogP contribution >= 0.6 is 0 Å². The standard InChI is InChI=1S/C22H32N2O3.C2H2O4/c1-25-20-12-17(13-21(26-2)22(20)27-3)14-23-6-8-24(9-7-23)15-19-11-16-4-5-18(19)10-16;3-1(4)2(5)6/h4-5,12-13,16,18-19H,6-11,14-15H2,1-3H3;(H,3,4)(H,5,6). The number of carbonyl (C=O) groups is 2. The quantitative estimate of drug-likeness (QED) is 0.466. The molecule has 0 aromatic heterocycles. The lowest BCUT2D eigenvalue weighted by Gasteiger charge is -2.37. The molecule has 1 saturated carbocycles. The van der Waals surface area contributed by atoms with E-state index in [1.807, 2.05) is 0 Å². The lowest BCUT2D eigenvalue weighted by molar-refractivity contribution is -0.159. The zero-order valence-corrected chi connectivity index (χ0v) is 19.5. The second-order valence-corrected chi connectivity index (χ2v) is 8.76. The Bertz CT molecular complexity index is 827. The number of ether oxygens (including phenoxy) is 3. The minimum absolute atomic E-state index is 0.661. The Labute approximate surface area is 194 Å². The van der Waals surface area contributed by atoms with E-state index in [0.717, 1.165) is 48.9 Å². The molecular formula is C24H34N2O7. The lowest BCUT2D eigenvalue weighted by atomic mass is 9.93. The van der Waals surface area contributed by atoms with Gasteiger partial charge in [0.25, 0.3) is 0 Å². The molecule has 1 aliphatic heterocycles. The number of carboxylic acids is 2. The Kier molecular flexibility index (Phi) is 8.57. The molecular weight excluding hydrogens is 428 g/mol. The van der Waals surface area contributed by atoms with Gasteiger partial charge in [-0.1, -0.05) is 12.2 Å². The zero-order chi connectivity index (χ0) is 24.0. The number of benzene rings is 1. The number of piperazine rings is 1. The molecule has 3 unspecified atom stereocenters. The van der Waals surface area contributed by atoms with Gasteiger partial charge < -0.3 is 29.3 Å². The van der Waals surface area contributed by atoms with Crippen molar-refractivity contribution >= 4 is 11.9 Å². The van der Waals surface area contributed by atoms with Crippen molar-refractivity contribution in [3.05, 3.63) is 29.8 Å². The van der Waals surface area contributed by atoms with E-state index in [-0.39, 0.29) is 0 Å². The molecule has 1 heterocycles. The fourth-order valence-corrected chi connectivity index (χ4v) is 5.05. The van der Waals surface area contributed by atoms with Crippen LogP contribution < -0.4 is 14.2 Å². The average molecular weight is 463 g/mol. The maximum atomic E-state index is 9.10. The van der Waals surface area contributed by atoms with Gasteiger partial charge in [0.2, 0.25) is 5.75 Å². The molecule has 2 fully saturated rings. The Morgan fingerprint density at radius 2 is 1.45 bits per heavy atom.